The van der Waals surface area contributed by atoms with Crippen molar-refractivity contribution in [1.82, 2.24) is 0 Å². The molecule has 0 aliphatic rings. The largest absolute Gasteiger partial charge is 0.478 e. The summed E-state index contributed by atoms with van der Waals surface area (Å²) in [5, 5.41) is 24.9. The van der Waals surface area contributed by atoms with E-state index in [-0.39, 0.29) is 22.3 Å². The maximum atomic E-state index is 12.9. The molecule has 0 fully saturated rings. The number of amides is 2. The van der Waals surface area contributed by atoms with Crippen LogP contribution in [0.25, 0.3) is 11.1 Å². The fourth-order valence-electron chi connectivity index (χ4n) is 3.97. The zero-order valence-electron chi connectivity index (χ0n) is 20.8. The van der Waals surface area contributed by atoms with Gasteiger partial charge in [0.1, 0.15) is 0 Å². The van der Waals surface area contributed by atoms with Gasteiger partial charge in [0.2, 0.25) is 0 Å². The van der Waals surface area contributed by atoms with Crippen LogP contribution in [0, 0.1) is 24.7 Å². The van der Waals surface area contributed by atoms with Crippen LogP contribution in [0.1, 0.15) is 52.6 Å². The van der Waals surface area contributed by atoms with Crippen molar-refractivity contribution in [3.05, 3.63) is 118 Å². The van der Waals surface area contributed by atoms with Crippen LogP contribution < -0.4 is 10.6 Å². The fourth-order valence-corrected chi connectivity index (χ4v) is 3.97. The molecule has 0 aromatic heterocycles. The molecular formula is C32H20N2O6. The molecular weight excluding hydrogens is 508 g/mol. The summed E-state index contributed by atoms with van der Waals surface area (Å²) in [5.74, 6) is 0.881. The van der Waals surface area contributed by atoms with Gasteiger partial charge in [0.05, 0.1) is 22.3 Å². The van der Waals surface area contributed by atoms with Crippen molar-refractivity contribution in [2.75, 3.05) is 10.6 Å². The van der Waals surface area contributed by atoms with Gasteiger partial charge in [-0.05, 0) is 71.8 Å². The minimum atomic E-state index is -1.35. The van der Waals surface area contributed by atoms with Crippen molar-refractivity contribution >= 4 is 35.1 Å². The number of nitrogens with one attached hydrogen (secondary N) is 2. The van der Waals surface area contributed by atoms with E-state index in [0.717, 1.165) is 0 Å². The van der Waals surface area contributed by atoms with Crippen LogP contribution in [-0.4, -0.2) is 34.0 Å². The van der Waals surface area contributed by atoms with E-state index in [1.54, 1.807) is 48.5 Å². The zero-order chi connectivity index (χ0) is 28.8. The van der Waals surface area contributed by atoms with Crippen LogP contribution in [-0.2, 0) is 0 Å². The Hall–Kier alpha value is -6.12. The first-order valence-corrected chi connectivity index (χ1v) is 11.7. The normalized spacial score (nSPS) is 10.1. The van der Waals surface area contributed by atoms with E-state index < -0.39 is 23.8 Å². The molecule has 4 aromatic rings. The van der Waals surface area contributed by atoms with E-state index in [2.05, 4.69) is 22.5 Å². The van der Waals surface area contributed by atoms with Crippen LogP contribution in [0.3, 0.4) is 0 Å². The van der Waals surface area contributed by atoms with Gasteiger partial charge in [0, 0.05) is 22.5 Å². The predicted molar refractivity (Wildman–Crippen MR) is 150 cm³/mol. The average molecular weight is 529 g/mol. The SMILES string of the molecule is C#Cc1cccc(NC(=O)c2ccc(-c3ccc(C(=O)Nc4cccc(C#C)c4)c(C(=O)O)c3)cc2C(=O)O)c1. The number of benzene rings is 4. The second kappa shape index (κ2) is 11.5. The molecule has 40 heavy (non-hydrogen) atoms. The zero-order valence-corrected chi connectivity index (χ0v) is 20.8. The molecule has 194 valence electrons. The Balaban J connectivity index is 1.65. The lowest BCUT2D eigenvalue weighted by Gasteiger charge is -2.12. The fraction of sp³-hybridized carbons (Fsp3) is 0. The number of carboxylic acid groups (broad SMARTS) is 2. The molecule has 4 aromatic carbocycles. The monoisotopic (exact) mass is 528 g/mol. The summed E-state index contributed by atoms with van der Waals surface area (Å²) in [6, 6.07) is 21.2. The molecule has 0 bridgehead atoms. The molecule has 0 heterocycles. The highest BCUT2D eigenvalue weighted by molar-refractivity contribution is 6.12. The third kappa shape index (κ3) is 5.88. The average Bonchev–Trinajstić information content (AvgIpc) is 2.96. The molecule has 4 rings (SSSR count). The van der Waals surface area contributed by atoms with Crippen molar-refractivity contribution in [3.63, 3.8) is 0 Å². The van der Waals surface area contributed by atoms with E-state index in [9.17, 15) is 29.4 Å². The van der Waals surface area contributed by atoms with E-state index in [1.807, 2.05) is 0 Å². The smallest absolute Gasteiger partial charge is 0.336 e. The number of terminal acetylenes is 2. The Morgan fingerprint density at radius 2 is 0.950 bits per heavy atom. The van der Waals surface area contributed by atoms with Gasteiger partial charge in [-0.1, -0.05) is 36.1 Å². The van der Waals surface area contributed by atoms with Gasteiger partial charge in [-0.25, -0.2) is 9.59 Å². The molecule has 0 aliphatic heterocycles. The van der Waals surface area contributed by atoms with E-state index >= 15 is 0 Å². The molecule has 8 nitrogen and oxygen atoms in total. The summed E-state index contributed by atoms with van der Waals surface area (Å²) in [6.07, 6.45) is 10.8. The number of hydrogen-bond acceptors (Lipinski definition) is 4. The van der Waals surface area contributed by atoms with Crippen LogP contribution in [0.4, 0.5) is 11.4 Å². The maximum absolute atomic E-state index is 12.9. The number of carbonyl (C=O) groups is 4. The summed E-state index contributed by atoms with van der Waals surface area (Å²) < 4.78 is 0. The summed E-state index contributed by atoms with van der Waals surface area (Å²) in [7, 11) is 0. The van der Waals surface area contributed by atoms with E-state index in [0.29, 0.717) is 33.6 Å². The minimum absolute atomic E-state index is 0.106. The third-order valence-corrected chi connectivity index (χ3v) is 5.90. The van der Waals surface area contributed by atoms with Gasteiger partial charge in [0.15, 0.2) is 0 Å². The topological polar surface area (TPSA) is 133 Å². The first-order valence-electron chi connectivity index (χ1n) is 11.7. The maximum Gasteiger partial charge on any atom is 0.336 e. The Morgan fingerprint density at radius 1 is 0.550 bits per heavy atom. The Morgan fingerprint density at radius 3 is 1.30 bits per heavy atom. The highest BCUT2D eigenvalue weighted by atomic mass is 16.4. The molecule has 8 heteroatoms. The molecule has 4 N–H and O–H groups in total. The summed E-state index contributed by atoms with van der Waals surface area (Å²) in [6.45, 7) is 0. The van der Waals surface area contributed by atoms with Gasteiger partial charge >= 0.3 is 11.9 Å². The number of aromatic carboxylic acids is 2. The van der Waals surface area contributed by atoms with Crippen LogP contribution >= 0.6 is 0 Å². The number of carbonyl (C=O) groups excluding carboxylic acids is 2. The van der Waals surface area contributed by atoms with Crippen LogP contribution in [0.2, 0.25) is 0 Å². The molecule has 0 atom stereocenters. The third-order valence-electron chi connectivity index (χ3n) is 5.90. The second-order valence-corrected chi connectivity index (χ2v) is 8.49. The van der Waals surface area contributed by atoms with Crippen molar-refractivity contribution < 1.29 is 29.4 Å². The molecule has 0 aliphatic carbocycles. The molecule has 0 saturated carbocycles. The predicted octanol–water partition coefficient (Wildman–Crippen LogP) is 5.22. The Kier molecular flexibility index (Phi) is 7.75. The summed E-state index contributed by atoms with van der Waals surface area (Å²) in [5.41, 5.74) is 1.73. The lowest BCUT2D eigenvalue weighted by Crippen LogP contribution is -2.17. The standard InChI is InChI=1S/C32H20N2O6/c1-3-19-7-5-9-23(15-19)33-29(35)25-13-11-21(17-27(25)31(37)38)22-12-14-26(28(18-22)32(39)40)30(36)34-24-10-6-8-20(4-2)16-24/h1-2,5-18H,(H,33,35)(H,34,36)(H,37,38)(H,39,40). The van der Waals surface area contributed by atoms with E-state index in [1.165, 1.54) is 36.4 Å². The van der Waals surface area contributed by atoms with Gasteiger partial charge in [-0.3, -0.25) is 9.59 Å². The van der Waals surface area contributed by atoms with Crippen molar-refractivity contribution in [2.45, 2.75) is 0 Å². The van der Waals surface area contributed by atoms with E-state index in [4.69, 9.17) is 12.8 Å². The number of anilines is 2. The number of carboxylic acids is 2. The quantitative estimate of drug-likeness (QED) is 0.243. The lowest BCUT2D eigenvalue weighted by molar-refractivity contribution is 0.0683. The first-order chi connectivity index (χ1) is 19.2. The van der Waals surface area contributed by atoms with Crippen LogP contribution in [0.5, 0.6) is 0 Å². The second-order valence-electron chi connectivity index (χ2n) is 8.49. The van der Waals surface area contributed by atoms with Crippen molar-refractivity contribution in [1.29, 1.82) is 0 Å². The molecule has 0 radical (unpaired) electrons. The highest BCUT2D eigenvalue weighted by Gasteiger charge is 2.21. The van der Waals surface area contributed by atoms with Gasteiger partial charge in [-0.2, -0.15) is 0 Å². The van der Waals surface area contributed by atoms with Crippen LogP contribution in [0.15, 0.2) is 84.9 Å². The molecule has 0 unspecified atom stereocenters. The van der Waals surface area contributed by atoms with Gasteiger partial charge in [0.25, 0.3) is 11.8 Å². The molecule has 2 amide bonds. The highest BCUT2D eigenvalue weighted by Crippen LogP contribution is 2.27. The Labute approximate surface area is 229 Å². The minimum Gasteiger partial charge on any atom is -0.478 e. The molecule has 0 spiro atoms. The summed E-state index contributed by atoms with van der Waals surface area (Å²) >= 11 is 0. The number of rotatable bonds is 7. The Bertz CT molecular complexity index is 1640. The molecule has 0 saturated heterocycles. The number of hydrogen-bond donors (Lipinski definition) is 4. The van der Waals surface area contributed by atoms with Gasteiger partial charge in [-0.15, -0.1) is 12.8 Å². The first kappa shape index (κ1) is 26.9. The van der Waals surface area contributed by atoms with Gasteiger partial charge < -0.3 is 20.8 Å². The summed E-state index contributed by atoms with van der Waals surface area (Å²) in [4.78, 5) is 49.8. The van der Waals surface area contributed by atoms with Crippen molar-refractivity contribution in [2.24, 2.45) is 0 Å². The lowest BCUT2D eigenvalue weighted by atomic mass is 9.95. The van der Waals surface area contributed by atoms with Crippen molar-refractivity contribution in [3.8, 4) is 35.8 Å².